The minimum atomic E-state index is -2.61. The van der Waals surface area contributed by atoms with Crippen LogP contribution in [0.25, 0.3) is 0 Å². The van der Waals surface area contributed by atoms with Crippen molar-refractivity contribution in [2.24, 2.45) is 0 Å². The van der Waals surface area contributed by atoms with Gasteiger partial charge in [-0.2, -0.15) is 0 Å². The molecule has 0 saturated heterocycles. The molecule has 5 nitrogen and oxygen atoms in total. The van der Waals surface area contributed by atoms with Crippen LogP contribution in [0.2, 0.25) is 0 Å². The molecule has 0 rings (SSSR count). The Morgan fingerprint density at radius 1 is 0.778 bits per heavy atom. The summed E-state index contributed by atoms with van der Waals surface area (Å²) in [4.78, 5) is 31.3. The van der Waals surface area contributed by atoms with Crippen LogP contribution in [0, 0.1) is 0 Å². The number of rotatable bonds is 2. The molecule has 0 aliphatic carbocycles. The van der Waals surface area contributed by atoms with Crippen LogP contribution in [-0.2, 0) is 4.31 Å². The summed E-state index contributed by atoms with van der Waals surface area (Å²) in [5, 5.41) is 0. The van der Waals surface area contributed by atoms with Crippen LogP contribution >= 0.6 is 17.2 Å². The Labute approximate surface area is 140 Å². The third-order valence-corrected chi connectivity index (χ3v) is 1.31. The molecular formula is H6K2O5P2. The Kier molecular flexibility index (Phi) is 24.7. The third kappa shape index (κ3) is 18.7. The van der Waals surface area contributed by atoms with E-state index < -0.39 is 17.2 Å². The van der Waals surface area contributed by atoms with Crippen LogP contribution in [0.1, 0.15) is 0 Å². The Bertz CT molecular complexity index is 42.2. The van der Waals surface area contributed by atoms with E-state index in [4.69, 9.17) is 19.6 Å². The zero-order chi connectivity index (χ0) is 5.86. The van der Waals surface area contributed by atoms with Crippen molar-refractivity contribution in [3.8, 4) is 0 Å². The molecule has 0 amide bonds. The van der Waals surface area contributed by atoms with E-state index in [0.29, 0.717) is 0 Å². The average Bonchev–Trinajstić information content (AvgIpc) is 1.27. The van der Waals surface area contributed by atoms with Gasteiger partial charge in [0.25, 0.3) is 0 Å². The van der Waals surface area contributed by atoms with E-state index in [2.05, 4.69) is 4.31 Å². The summed E-state index contributed by atoms with van der Waals surface area (Å²) < 4.78 is 3.60. The average molecular weight is 226 g/mol. The topological polar surface area (TPSA) is 90.2 Å². The van der Waals surface area contributed by atoms with Gasteiger partial charge in [0.15, 0.2) is 0 Å². The molecule has 0 unspecified atom stereocenters. The van der Waals surface area contributed by atoms with Crippen LogP contribution in [0.4, 0.5) is 0 Å². The van der Waals surface area contributed by atoms with E-state index in [-0.39, 0.29) is 103 Å². The first-order chi connectivity index (χ1) is 3.13. The van der Waals surface area contributed by atoms with Gasteiger partial charge in [0.2, 0.25) is 0 Å². The summed E-state index contributed by atoms with van der Waals surface area (Å²) in [6.07, 6.45) is 0. The first-order valence-electron chi connectivity index (χ1n) is 1.17. The molecular weight excluding hydrogens is 220 g/mol. The van der Waals surface area contributed by atoms with E-state index in [0.717, 1.165) is 0 Å². The van der Waals surface area contributed by atoms with Crippen molar-refractivity contribution in [1.29, 1.82) is 0 Å². The van der Waals surface area contributed by atoms with Gasteiger partial charge in [-0.15, -0.1) is 0 Å². The van der Waals surface area contributed by atoms with Gasteiger partial charge in [-0.25, -0.2) is 4.31 Å². The Balaban J connectivity index is -0.000000180. The van der Waals surface area contributed by atoms with Crippen molar-refractivity contribution in [2.75, 3.05) is 0 Å². The van der Waals surface area contributed by atoms with Crippen LogP contribution in [0.3, 0.4) is 0 Å². The number of hydrogen-bond donors (Lipinski definition) is 4. The molecule has 0 heterocycles. The SMILES string of the molecule is OP(O)OP(O)O.[KH].[KH]. The van der Waals surface area contributed by atoms with Gasteiger partial charge in [0.1, 0.15) is 0 Å². The van der Waals surface area contributed by atoms with Crippen molar-refractivity contribution in [1.82, 2.24) is 0 Å². The van der Waals surface area contributed by atoms with Crippen LogP contribution in [0.15, 0.2) is 0 Å². The summed E-state index contributed by atoms with van der Waals surface area (Å²) in [6, 6.07) is 0. The normalized spacial score (nSPS) is 8.67. The predicted octanol–water partition coefficient (Wildman–Crippen LogP) is -1.87. The van der Waals surface area contributed by atoms with Gasteiger partial charge in [-0.1, -0.05) is 0 Å². The molecule has 0 spiro atoms. The first kappa shape index (κ1) is 18.7. The van der Waals surface area contributed by atoms with Crippen LogP contribution in [0.5, 0.6) is 0 Å². The van der Waals surface area contributed by atoms with Gasteiger partial charge < -0.3 is 19.6 Å². The molecule has 0 aliphatic heterocycles. The van der Waals surface area contributed by atoms with E-state index in [9.17, 15) is 0 Å². The molecule has 0 saturated carbocycles. The summed E-state index contributed by atoms with van der Waals surface area (Å²) in [7, 11) is -5.22. The van der Waals surface area contributed by atoms with Gasteiger partial charge in [0, 0.05) is 0 Å². The fourth-order valence-corrected chi connectivity index (χ4v) is 0.588. The summed E-state index contributed by atoms with van der Waals surface area (Å²) in [5.74, 6) is 0. The van der Waals surface area contributed by atoms with Gasteiger partial charge in [-0.3, -0.25) is 0 Å². The molecule has 0 aromatic rings. The van der Waals surface area contributed by atoms with Gasteiger partial charge in [-0.05, 0) is 0 Å². The second-order valence-corrected chi connectivity index (χ2v) is 2.25. The zero-order valence-electron chi connectivity index (χ0n) is 3.09. The maximum absolute atomic E-state index is 7.82. The van der Waals surface area contributed by atoms with Gasteiger partial charge in [0.05, 0.1) is 0 Å². The molecule has 9 heteroatoms. The summed E-state index contributed by atoms with van der Waals surface area (Å²) >= 11 is 0. The zero-order valence-corrected chi connectivity index (χ0v) is 4.88. The fourth-order valence-electron chi connectivity index (χ4n) is 0.0653. The molecule has 0 bridgehead atoms. The Hall–Kier alpha value is 3.93. The third-order valence-electron chi connectivity index (χ3n) is 0.146. The van der Waals surface area contributed by atoms with E-state index in [1.54, 1.807) is 0 Å². The Morgan fingerprint density at radius 3 is 1.00 bits per heavy atom. The molecule has 0 atom stereocenters. The van der Waals surface area contributed by atoms with E-state index in [1.165, 1.54) is 0 Å². The summed E-state index contributed by atoms with van der Waals surface area (Å²) in [6.45, 7) is 0. The molecule has 0 aromatic carbocycles. The van der Waals surface area contributed by atoms with Crippen molar-refractivity contribution in [2.45, 2.75) is 0 Å². The van der Waals surface area contributed by atoms with Gasteiger partial charge >= 0.3 is 120 Å². The van der Waals surface area contributed by atoms with Crippen molar-refractivity contribution < 1.29 is 23.9 Å². The first-order valence-corrected chi connectivity index (χ1v) is 3.50. The molecule has 9 heavy (non-hydrogen) atoms. The van der Waals surface area contributed by atoms with E-state index in [1.807, 2.05) is 0 Å². The van der Waals surface area contributed by atoms with Crippen molar-refractivity contribution >= 4 is 120 Å². The second-order valence-electron chi connectivity index (χ2n) is 0.587. The van der Waals surface area contributed by atoms with Crippen LogP contribution in [-0.4, -0.2) is 122 Å². The second kappa shape index (κ2) is 11.9. The molecule has 0 radical (unpaired) electrons. The monoisotopic (exact) mass is 226 g/mol. The molecule has 0 aliphatic rings. The Morgan fingerprint density at radius 2 is 1.00 bits per heavy atom. The van der Waals surface area contributed by atoms with E-state index >= 15 is 0 Å². The van der Waals surface area contributed by atoms with Crippen LogP contribution < -0.4 is 0 Å². The summed E-state index contributed by atoms with van der Waals surface area (Å²) in [5.41, 5.74) is 0. The maximum atomic E-state index is 7.82. The fraction of sp³-hybridized carbons (Fsp3) is 0. The molecule has 0 aromatic heterocycles. The number of hydrogen-bond acceptors (Lipinski definition) is 5. The minimum absolute atomic E-state index is 0. The van der Waals surface area contributed by atoms with Crippen molar-refractivity contribution in [3.05, 3.63) is 0 Å². The standard InChI is InChI=1S/2K.H4O5P2.2H/c;;1-6(2)5-7(3)4;;/h;;1-4H;;. The predicted molar refractivity (Wildman–Crippen MR) is 38.1 cm³/mol. The molecule has 0 fully saturated rings. The molecule has 4 N–H and O–H groups in total. The van der Waals surface area contributed by atoms with Crippen molar-refractivity contribution in [3.63, 3.8) is 0 Å². The molecule has 48 valence electrons. The quantitative estimate of drug-likeness (QED) is 0.327.